The summed E-state index contributed by atoms with van der Waals surface area (Å²) in [4.78, 5) is 18.4. The van der Waals surface area contributed by atoms with E-state index in [0.29, 0.717) is 22.4 Å². The van der Waals surface area contributed by atoms with Crippen molar-refractivity contribution >= 4 is 11.5 Å². The van der Waals surface area contributed by atoms with E-state index in [4.69, 9.17) is 4.74 Å². The molecule has 0 spiro atoms. The number of carbonyl (C=O) groups is 1. The van der Waals surface area contributed by atoms with Crippen LogP contribution in [0.3, 0.4) is 0 Å². The second kappa shape index (κ2) is 7.75. The monoisotopic (exact) mass is 390 g/mol. The van der Waals surface area contributed by atoms with Crippen LogP contribution in [0.25, 0.3) is 5.57 Å². The molecule has 6 heteroatoms. The Balaban J connectivity index is 1.83. The van der Waals surface area contributed by atoms with Crippen LogP contribution in [-0.2, 0) is 11.3 Å². The topological polar surface area (TPSA) is 62.7 Å². The first-order valence-corrected chi connectivity index (χ1v) is 9.12. The van der Waals surface area contributed by atoms with Gasteiger partial charge < -0.3 is 14.7 Å². The molecular weight excluding hydrogens is 371 g/mol. The highest BCUT2D eigenvalue weighted by Gasteiger charge is 2.42. The van der Waals surface area contributed by atoms with Crippen molar-refractivity contribution in [2.45, 2.75) is 12.6 Å². The summed E-state index contributed by atoms with van der Waals surface area (Å²) in [6, 6.07) is 16.1. The smallest absolute Gasteiger partial charge is 0.290 e. The number of hydrogen-bond acceptors (Lipinski definition) is 4. The highest BCUT2D eigenvalue weighted by Crippen LogP contribution is 2.44. The number of aromatic nitrogens is 1. The van der Waals surface area contributed by atoms with Gasteiger partial charge >= 0.3 is 0 Å². The third-order valence-corrected chi connectivity index (χ3v) is 5.01. The molecule has 1 aliphatic rings. The lowest BCUT2D eigenvalue weighted by atomic mass is 9.93. The summed E-state index contributed by atoms with van der Waals surface area (Å²) in [6.45, 7) is 0.212. The summed E-state index contributed by atoms with van der Waals surface area (Å²) in [5.41, 5.74) is 2.15. The number of methoxy groups -OCH3 is 1. The normalized spacial score (nSPS) is 16.4. The van der Waals surface area contributed by atoms with Crippen LogP contribution in [0.15, 0.2) is 78.8 Å². The predicted octanol–water partition coefficient (Wildman–Crippen LogP) is 4.28. The minimum absolute atomic E-state index is 0.212. The van der Waals surface area contributed by atoms with Crippen molar-refractivity contribution in [1.29, 1.82) is 0 Å². The van der Waals surface area contributed by atoms with Crippen LogP contribution in [0.1, 0.15) is 22.7 Å². The summed E-state index contributed by atoms with van der Waals surface area (Å²) in [6.07, 6.45) is 3.26. The molecule has 0 aliphatic carbocycles. The molecule has 0 fully saturated rings. The van der Waals surface area contributed by atoms with Gasteiger partial charge in [0.2, 0.25) is 0 Å². The fraction of sp³-hybridized carbons (Fsp3) is 0.130. The molecule has 2 heterocycles. The highest BCUT2D eigenvalue weighted by atomic mass is 19.1. The second-order valence-electron chi connectivity index (χ2n) is 6.70. The van der Waals surface area contributed by atoms with E-state index in [1.807, 2.05) is 0 Å². The molecule has 0 unspecified atom stereocenters. The Morgan fingerprint density at radius 2 is 1.76 bits per heavy atom. The number of benzene rings is 2. The van der Waals surface area contributed by atoms with Gasteiger partial charge in [-0.15, -0.1) is 0 Å². The van der Waals surface area contributed by atoms with E-state index in [1.54, 1.807) is 74.1 Å². The molecule has 1 aromatic heterocycles. The van der Waals surface area contributed by atoms with Crippen LogP contribution in [0.5, 0.6) is 5.75 Å². The lowest BCUT2D eigenvalue weighted by Gasteiger charge is -2.27. The van der Waals surface area contributed by atoms with Crippen LogP contribution >= 0.6 is 0 Å². The Morgan fingerprint density at radius 3 is 2.41 bits per heavy atom. The number of aliphatic hydroxyl groups excluding tert-OH is 1. The van der Waals surface area contributed by atoms with Crippen molar-refractivity contribution in [1.82, 2.24) is 9.88 Å². The molecule has 2 aromatic carbocycles. The molecule has 1 atom stereocenters. The number of amides is 1. The first-order valence-electron chi connectivity index (χ1n) is 9.12. The number of pyridine rings is 1. The highest BCUT2D eigenvalue weighted by molar-refractivity contribution is 6.05. The summed E-state index contributed by atoms with van der Waals surface area (Å²) in [5, 5.41) is 10.7. The summed E-state index contributed by atoms with van der Waals surface area (Å²) in [7, 11) is 1.56. The van der Waals surface area contributed by atoms with Gasteiger partial charge in [0.25, 0.3) is 5.91 Å². The van der Waals surface area contributed by atoms with Crippen molar-refractivity contribution < 1.29 is 19.0 Å². The van der Waals surface area contributed by atoms with Gasteiger partial charge in [0.1, 0.15) is 11.6 Å². The average molecular weight is 390 g/mol. The maximum atomic E-state index is 14.7. The van der Waals surface area contributed by atoms with E-state index in [2.05, 4.69) is 4.98 Å². The van der Waals surface area contributed by atoms with Crippen LogP contribution in [0, 0.1) is 5.82 Å². The average Bonchev–Trinajstić information content (AvgIpc) is 3.00. The van der Waals surface area contributed by atoms with Crippen LogP contribution in [0.4, 0.5) is 4.39 Å². The zero-order valence-electron chi connectivity index (χ0n) is 15.7. The molecule has 4 rings (SSSR count). The second-order valence-corrected chi connectivity index (χ2v) is 6.70. The van der Waals surface area contributed by atoms with E-state index in [1.165, 1.54) is 11.0 Å². The fourth-order valence-corrected chi connectivity index (χ4v) is 3.59. The van der Waals surface area contributed by atoms with Crippen molar-refractivity contribution in [3.05, 3.63) is 101 Å². The first-order chi connectivity index (χ1) is 14.1. The van der Waals surface area contributed by atoms with Gasteiger partial charge in [0.05, 0.1) is 13.2 Å². The Morgan fingerprint density at radius 1 is 1.07 bits per heavy atom. The molecular formula is C23H19FN2O3. The zero-order chi connectivity index (χ0) is 20.4. The van der Waals surface area contributed by atoms with Crippen LogP contribution in [0.2, 0.25) is 0 Å². The third-order valence-electron chi connectivity index (χ3n) is 5.01. The van der Waals surface area contributed by atoms with E-state index in [0.717, 1.165) is 5.56 Å². The lowest BCUT2D eigenvalue weighted by Crippen LogP contribution is -2.30. The van der Waals surface area contributed by atoms with Crippen LogP contribution in [-0.4, -0.2) is 28.0 Å². The molecule has 0 saturated carbocycles. The molecule has 0 saturated heterocycles. The van der Waals surface area contributed by atoms with E-state index >= 15 is 0 Å². The van der Waals surface area contributed by atoms with Crippen molar-refractivity contribution in [3.63, 3.8) is 0 Å². The van der Waals surface area contributed by atoms with Crippen molar-refractivity contribution in [2.75, 3.05) is 7.11 Å². The van der Waals surface area contributed by atoms with E-state index in [-0.39, 0.29) is 12.3 Å². The summed E-state index contributed by atoms with van der Waals surface area (Å²) < 4.78 is 19.9. The number of aliphatic hydroxyl groups is 1. The molecule has 1 aliphatic heterocycles. The predicted molar refractivity (Wildman–Crippen MR) is 106 cm³/mol. The van der Waals surface area contributed by atoms with Gasteiger partial charge in [-0.25, -0.2) is 4.39 Å². The van der Waals surface area contributed by atoms with Gasteiger partial charge in [0.15, 0.2) is 5.76 Å². The summed E-state index contributed by atoms with van der Waals surface area (Å²) in [5.74, 6) is -0.710. The van der Waals surface area contributed by atoms with E-state index in [9.17, 15) is 14.3 Å². The largest absolute Gasteiger partial charge is 0.503 e. The molecule has 1 amide bonds. The van der Waals surface area contributed by atoms with Gasteiger partial charge in [-0.05, 0) is 41.5 Å². The number of carbonyl (C=O) groups excluding carboxylic acids is 1. The van der Waals surface area contributed by atoms with Gasteiger partial charge in [-0.3, -0.25) is 9.78 Å². The molecule has 5 nitrogen and oxygen atoms in total. The van der Waals surface area contributed by atoms with E-state index < -0.39 is 17.8 Å². The molecule has 0 bridgehead atoms. The minimum Gasteiger partial charge on any atom is -0.503 e. The van der Waals surface area contributed by atoms with Crippen molar-refractivity contribution in [3.8, 4) is 5.75 Å². The number of halogens is 1. The quantitative estimate of drug-likeness (QED) is 0.706. The third kappa shape index (κ3) is 3.45. The van der Waals surface area contributed by atoms with Gasteiger partial charge in [-0.2, -0.15) is 0 Å². The number of nitrogens with zero attached hydrogens (tertiary/aromatic N) is 2. The number of ether oxygens (including phenoxy) is 1. The lowest BCUT2D eigenvalue weighted by molar-refractivity contribution is -0.130. The fourth-order valence-electron chi connectivity index (χ4n) is 3.59. The zero-order valence-corrected chi connectivity index (χ0v) is 15.7. The molecule has 146 valence electrons. The Bertz CT molecular complexity index is 1060. The number of rotatable bonds is 5. The SMILES string of the molecule is COc1ccc(C2=C(O)C(=O)N(Cc3ccncc3)[C@H]2c2ccccc2F)cc1. The molecule has 1 N–H and O–H groups in total. The maximum Gasteiger partial charge on any atom is 0.290 e. The maximum absolute atomic E-state index is 14.7. The minimum atomic E-state index is -0.759. The first kappa shape index (κ1) is 18.7. The molecule has 3 aromatic rings. The standard InChI is InChI=1S/C23H19FN2O3/c1-29-17-8-6-16(7-9-17)20-21(18-4-2-3-5-19(18)24)26(23(28)22(20)27)14-15-10-12-25-13-11-15/h2-13,21,27H,14H2,1H3/t21-/m0/s1. The van der Waals surface area contributed by atoms with Gasteiger partial charge in [-0.1, -0.05) is 30.3 Å². The van der Waals surface area contributed by atoms with Crippen molar-refractivity contribution in [2.24, 2.45) is 0 Å². The Kier molecular flexibility index (Phi) is 4.99. The summed E-state index contributed by atoms with van der Waals surface area (Å²) >= 11 is 0. The molecule has 0 radical (unpaired) electrons. The Hall–Kier alpha value is -3.67. The molecule has 29 heavy (non-hydrogen) atoms. The number of hydrogen-bond donors (Lipinski definition) is 1. The van der Waals surface area contributed by atoms with Gasteiger partial charge in [0, 0.05) is 30.1 Å². The van der Waals surface area contributed by atoms with Crippen LogP contribution < -0.4 is 4.74 Å². The Labute approximate surface area is 167 Å².